The molecule has 3 rings (SSSR count). The molecule has 0 spiro atoms. The maximum Gasteiger partial charge on any atom is 0.262 e. The van der Waals surface area contributed by atoms with E-state index in [0.717, 1.165) is 31.5 Å². The highest BCUT2D eigenvalue weighted by Crippen LogP contribution is 2.16. The molecular formula is C20H21ClN2O3. The topological polar surface area (TPSA) is 58.6 Å². The van der Waals surface area contributed by atoms with Gasteiger partial charge in [-0.25, -0.2) is 0 Å². The molecule has 5 nitrogen and oxygen atoms in total. The van der Waals surface area contributed by atoms with Crippen LogP contribution in [-0.4, -0.2) is 36.4 Å². The van der Waals surface area contributed by atoms with Gasteiger partial charge in [0, 0.05) is 23.8 Å². The molecule has 1 fully saturated rings. The van der Waals surface area contributed by atoms with Gasteiger partial charge in [-0.15, -0.1) is 0 Å². The molecule has 0 aliphatic carbocycles. The van der Waals surface area contributed by atoms with Crippen LogP contribution in [0.3, 0.4) is 0 Å². The Morgan fingerprint density at radius 1 is 1.00 bits per heavy atom. The number of nitrogens with one attached hydrogen (secondary N) is 1. The van der Waals surface area contributed by atoms with Crippen LogP contribution >= 0.6 is 11.6 Å². The minimum absolute atomic E-state index is 0.0865. The third-order valence-electron chi connectivity index (χ3n) is 4.24. The van der Waals surface area contributed by atoms with E-state index in [0.29, 0.717) is 22.9 Å². The Morgan fingerprint density at radius 2 is 1.65 bits per heavy atom. The number of hydrogen-bond donors (Lipinski definition) is 1. The lowest BCUT2D eigenvalue weighted by atomic mass is 10.1. The molecular weight excluding hydrogens is 352 g/mol. The van der Waals surface area contributed by atoms with Crippen LogP contribution < -0.4 is 10.1 Å². The van der Waals surface area contributed by atoms with E-state index >= 15 is 0 Å². The van der Waals surface area contributed by atoms with Gasteiger partial charge < -0.3 is 15.0 Å². The second kappa shape index (κ2) is 8.72. The normalized spacial score (nSPS) is 13.5. The van der Waals surface area contributed by atoms with Crippen LogP contribution in [-0.2, 0) is 16.0 Å². The summed E-state index contributed by atoms with van der Waals surface area (Å²) in [6.45, 7) is 1.64. The lowest BCUT2D eigenvalue weighted by Gasteiger charge is -2.15. The molecule has 1 aliphatic heterocycles. The van der Waals surface area contributed by atoms with Gasteiger partial charge in [0.15, 0.2) is 6.61 Å². The summed E-state index contributed by atoms with van der Waals surface area (Å²) in [5.41, 5.74) is 1.62. The van der Waals surface area contributed by atoms with E-state index in [4.69, 9.17) is 16.3 Å². The number of carbonyl (C=O) groups excluding carboxylic acids is 2. The van der Waals surface area contributed by atoms with Gasteiger partial charge in [-0.3, -0.25) is 9.59 Å². The molecule has 2 amide bonds. The van der Waals surface area contributed by atoms with Gasteiger partial charge in [-0.1, -0.05) is 23.7 Å². The first-order valence-corrected chi connectivity index (χ1v) is 9.03. The fraction of sp³-hybridized carbons (Fsp3) is 0.300. The van der Waals surface area contributed by atoms with E-state index in [2.05, 4.69) is 5.32 Å². The molecule has 1 aliphatic rings. The van der Waals surface area contributed by atoms with Crippen LogP contribution in [0, 0.1) is 0 Å². The monoisotopic (exact) mass is 372 g/mol. The van der Waals surface area contributed by atoms with Crippen molar-refractivity contribution in [3.05, 3.63) is 59.1 Å². The second-order valence-corrected chi connectivity index (χ2v) is 6.69. The Labute approximate surface area is 157 Å². The van der Waals surface area contributed by atoms with Crippen molar-refractivity contribution in [2.75, 3.05) is 25.0 Å². The number of carbonyl (C=O) groups is 2. The molecule has 0 unspecified atom stereocenters. The van der Waals surface area contributed by atoms with Gasteiger partial charge in [0.2, 0.25) is 5.91 Å². The molecule has 1 heterocycles. The smallest absolute Gasteiger partial charge is 0.262 e. The summed E-state index contributed by atoms with van der Waals surface area (Å²) in [7, 11) is 0. The van der Waals surface area contributed by atoms with Crippen LogP contribution in [0.1, 0.15) is 18.4 Å². The van der Waals surface area contributed by atoms with E-state index < -0.39 is 0 Å². The van der Waals surface area contributed by atoms with E-state index in [1.807, 2.05) is 17.0 Å². The zero-order valence-electron chi connectivity index (χ0n) is 14.4. The van der Waals surface area contributed by atoms with Crippen molar-refractivity contribution >= 4 is 29.1 Å². The average molecular weight is 373 g/mol. The number of benzene rings is 2. The van der Waals surface area contributed by atoms with Gasteiger partial charge in [0.25, 0.3) is 5.91 Å². The SMILES string of the molecule is O=C(COc1ccc(Cl)cc1)Nc1ccc(CC(=O)N2CCCC2)cc1. The predicted molar refractivity (Wildman–Crippen MR) is 102 cm³/mol. The number of hydrogen-bond acceptors (Lipinski definition) is 3. The second-order valence-electron chi connectivity index (χ2n) is 6.25. The van der Waals surface area contributed by atoms with E-state index in [1.165, 1.54) is 0 Å². The number of amides is 2. The highest BCUT2D eigenvalue weighted by Gasteiger charge is 2.17. The fourth-order valence-electron chi connectivity index (χ4n) is 2.84. The zero-order chi connectivity index (χ0) is 18.4. The molecule has 0 radical (unpaired) electrons. The van der Waals surface area contributed by atoms with Crippen molar-refractivity contribution in [1.82, 2.24) is 4.90 Å². The molecule has 0 atom stereocenters. The number of halogens is 1. The van der Waals surface area contributed by atoms with E-state index in [9.17, 15) is 9.59 Å². The minimum Gasteiger partial charge on any atom is -0.484 e. The predicted octanol–water partition coefficient (Wildman–Crippen LogP) is 3.52. The molecule has 2 aromatic carbocycles. The van der Waals surface area contributed by atoms with Gasteiger partial charge in [0.05, 0.1) is 6.42 Å². The van der Waals surface area contributed by atoms with Crippen molar-refractivity contribution in [3.63, 3.8) is 0 Å². The van der Waals surface area contributed by atoms with Crippen molar-refractivity contribution in [3.8, 4) is 5.75 Å². The first-order chi connectivity index (χ1) is 12.6. The number of nitrogens with zero attached hydrogens (tertiary/aromatic N) is 1. The summed E-state index contributed by atoms with van der Waals surface area (Å²) in [6, 6.07) is 14.2. The first kappa shape index (κ1) is 18.3. The van der Waals surface area contributed by atoms with Crippen LogP contribution in [0.2, 0.25) is 5.02 Å². The Hall–Kier alpha value is -2.53. The van der Waals surface area contributed by atoms with Gasteiger partial charge in [-0.2, -0.15) is 0 Å². The Morgan fingerprint density at radius 3 is 2.31 bits per heavy atom. The standard InChI is InChI=1S/C20H21ClN2O3/c21-16-5-9-18(10-6-16)26-14-19(24)22-17-7-3-15(4-8-17)13-20(25)23-11-1-2-12-23/h3-10H,1-2,11-14H2,(H,22,24). The molecule has 0 bridgehead atoms. The van der Waals surface area contributed by atoms with Crippen molar-refractivity contribution in [2.45, 2.75) is 19.3 Å². The van der Waals surface area contributed by atoms with Crippen molar-refractivity contribution in [1.29, 1.82) is 0 Å². The lowest BCUT2D eigenvalue weighted by molar-refractivity contribution is -0.129. The molecule has 1 saturated heterocycles. The largest absolute Gasteiger partial charge is 0.484 e. The van der Waals surface area contributed by atoms with Crippen molar-refractivity contribution in [2.24, 2.45) is 0 Å². The molecule has 0 saturated carbocycles. The van der Waals surface area contributed by atoms with E-state index in [1.54, 1.807) is 36.4 Å². The van der Waals surface area contributed by atoms with Crippen LogP contribution in [0.15, 0.2) is 48.5 Å². The summed E-state index contributed by atoms with van der Waals surface area (Å²) >= 11 is 5.80. The zero-order valence-corrected chi connectivity index (χ0v) is 15.2. The number of rotatable bonds is 6. The number of anilines is 1. The lowest BCUT2D eigenvalue weighted by Crippen LogP contribution is -2.29. The highest BCUT2D eigenvalue weighted by molar-refractivity contribution is 6.30. The molecule has 2 aromatic rings. The highest BCUT2D eigenvalue weighted by atomic mass is 35.5. The quantitative estimate of drug-likeness (QED) is 0.844. The summed E-state index contributed by atoms with van der Waals surface area (Å²) in [5.74, 6) is 0.497. The maximum absolute atomic E-state index is 12.1. The summed E-state index contributed by atoms with van der Waals surface area (Å²) < 4.78 is 5.41. The van der Waals surface area contributed by atoms with Crippen LogP contribution in [0.5, 0.6) is 5.75 Å². The molecule has 26 heavy (non-hydrogen) atoms. The Kier molecular flexibility index (Phi) is 6.12. The molecule has 1 N–H and O–H groups in total. The summed E-state index contributed by atoms with van der Waals surface area (Å²) in [5, 5.41) is 3.39. The third-order valence-corrected chi connectivity index (χ3v) is 4.49. The van der Waals surface area contributed by atoms with E-state index in [-0.39, 0.29) is 18.4 Å². The fourth-order valence-corrected chi connectivity index (χ4v) is 2.96. The first-order valence-electron chi connectivity index (χ1n) is 8.65. The van der Waals surface area contributed by atoms with Gasteiger partial charge in [0.1, 0.15) is 5.75 Å². The summed E-state index contributed by atoms with van der Waals surface area (Å²) in [4.78, 5) is 26.0. The van der Waals surface area contributed by atoms with Crippen LogP contribution in [0.4, 0.5) is 5.69 Å². The third kappa shape index (κ3) is 5.23. The van der Waals surface area contributed by atoms with Gasteiger partial charge in [-0.05, 0) is 54.8 Å². The summed E-state index contributed by atoms with van der Waals surface area (Å²) in [6.07, 6.45) is 2.58. The molecule has 136 valence electrons. The Balaban J connectivity index is 1.46. The molecule has 0 aromatic heterocycles. The maximum atomic E-state index is 12.1. The molecule has 6 heteroatoms. The van der Waals surface area contributed by atoms with Crippen molar-refractivity contribution < 1.29 is 14.3 Å². The number of likely N-dealkylation sites (tertiary alicyclic amines) is 1. The minimum atomic E-state index is -0.249. The van der Waals surface area contributed by atoms with Gasteiger partial charge >= 0.3 is 0 Å². The Bertz CT molecular complexity index is 754. The van der Waals surface area contributed by atoms with Crippen LogP contribution in [0.25, 0.3) is 0 Å². The average Bonchev–Trinajstić information content (AvgIpc) is 3.18. The number of ether oxygens (including phenoxy) is 1.